The monoisotopic (exact) mass is 309 g/mol. The molecule has 4 rings (SSSR count). The first kappa shape index (κ1) is 13.9. The van der Waals surface area contributed by atoms with Gasteiger partial charge in [0.15, 0.2) is 0 Å². The number of hydrogen-bond donors (Lipinski definition) is 0. The van der Waals surface area contributed by atoms with Gasteiger partial charge in [0.25, 0.3) is 0 Å². The lowest BCUT2D eigenvalue weighted by molar-refractivity contribution is 0.202. The van der Waals surface area contributed by atoms with Gasteiger partial charge in [-0.1, -0.05) is 12.1 Å². The number of hydrogen-bond acceptors (Lipinski definition) is 4. The highest BCUT2D eigenvalue weighted by atomic mass is 32.1. The first-order chi connectivity index (χ1) is 10.9. The second-order valence-corrected chi connectivity index (χ2v) is 6.74. The van der Waals surface area contributed by atoms with Crippen molar-refractivity contribution in [1.82, 2.24) is 14.9 Å². The van der Waals surface area contributed by atoms with Crippen molar-refractivity contribution in [3.05, 3.63) is 58.5 Å². The Morgan fingerprint density at radius 3 is 2.68 bits per heavy atom. The summed E-state index contributed by atoms with van der Waals surface area (Å²) < 4.78 is 0. The average Bonchev–Trinajstić information content (AvgIpc) is 3.10. The van der Waals surface area contributed by atoms with Crippen LogP contribution in [0, 0.1) is 0 Å². The third-order valence-corrected chi connectivity index (χ3v) is 5.19. The fraction of sp³-hybridized carbons (Fsp3) is 0.333. The molecule has 0 radical (unpaired) electrons. The molecule has 2 aromatic heterocycles. The zero-order chi connectivity index (χ0) is 14.8. The van der Waals surface area contributed by atoms with E-state index in [9.17, 15) is 0 Å². The van der Waals surface area contributed by atoms with Crippen molar-refractivity contribution in [2.75, 3.05) is 13.1 Å². The summed E-state index contributed by atoms with van der Waals surface area (Å²) in [5.41, 5.74) is 4.57. The first-order valence-electron chi connectivity index (χ1n) is 7.83. The van der Waals surface area contributed by atoms with Crippen molar-refractivity contribution < 1.29 is 0 Å². The normalized spacial score (nSPS) is 17.1. The van der Waals surface area contributed by atoms with E-state index in [2.05, 4.69) is 26.7 Å². The fourth-order valence-corrected chi connectivity index (χ4v) is 3.97. The van der Waals surface area contributed by atoms with Gasteiger partial charge < -0.3 is 0 Å². The minimum atomic E-state index is 0.741. The molecule has 1 saturated heterocycles. The molecule has 3 heterocycles. The van der Waals surface area contributed by atoms with E-state index in [1.54, 1.807) is 11.3 Å². The predicted octanol–water partition coefficient (Wildman–Crippen LogP) is 4.07. The predicted molar refractivity (Wildman–Crippen MR) is 91.1 cm³/mol. The molecule has 4 heteroatoms. The van der Waals surface area contributed by atoms with E-state index >= 15 is 0 Å². The number of rotatable bonds is 3. The summed E-state index contributed by atoms with van der Waals surface area (Å²) >= 11 is 1.81. The van der Waals surface area contributed by atoms with Crippen molar-refractivity contribution in [2.24, 2.45) is 0 Å². The topological polar surface area (TPSA) is 29.0 Å². The van der Waals surface area contributed by atoms with Gasteiger partial charge >= 0.3 is 0 Å². The molecule has 0 saturated carbocycles. The maximum atomic E-state index is 4.74. The molecule has 3 nitrogen and oxygen atoms in total. The Morgan fingerprint density at radius 1 is 1.09 bits per heavy atom. The highest BCUT2D eigenvalue weighted by molar-refractivity contribution is 7.07. The molecular formula is C18H19N3S. The van der Waals surface area contributed by atoms with Crippen LogP contribution in [0.1, 0.15) is 30.0 Å². The van der Waals surface area contributed by atoms with Gasteiger partial charge in [-0.05, 0) is 66.4 Å². The summed E-state index contributed by atoms with van der Waals surface area (Å²) in [6.07, 6.45) is 4.42. The molecule has 0 aliphatic carbocycles. The zero-order valence-corrected chi connectivity index (χ0v) is 13.3. The van der Waals surface area contributed by atoms with Crippen molar-refractivity contribution in [2.45, 2.75) is 25.3 Å². The Bertz CT molecular complexity index is 746. The number of piperidine rings is 1. The Labute approximate surface area is 134 Å². The number of likely N-dealkylation sites (tertiary alicyclic amines) is 1. The summed E-state index contributed by atoms with van der Waals surface area (Å²) in [4.78, 5) is 11.8. The molecule has 1 fully saturated rings. The number of nitrogens with zero attached hydrogens (tertiary/aromatic N) is 3. The Kier molecular flexibility index (Phi) is 3.87. The van der Waals surface area contributed by atoms with E-state index < -0.39 is 0 Å². The molecular weight excluding hydrogens is 290 g/mol. The van der Waals surface area contributed by atoms with E-state index in [1.807, 2.05) is 30.5 Å². The van der Waals surface area contributed by atoms with Crippen LogP contribution >= 0.6 is 11.3 Å². The van der Waals surface area contributed by atoms with Crippen LogP contribution in [-0.4, -0.2) is 28.0 Å². The molecule has 22 heavy (non-hydrogen) atoms. The van der Waals surface area contributed by atoms with E-state index in [0.29, 0.717) is 0 Å². The molecule has 0 unspecified atom stereocenters. The molecule has 112 valence electrons. The van der Waals surface area contributed by atoms with Crippen LogP contribution in [0.3, 0.4) is 0 Å². The second kappa shape index (κ2) is 6.15. The van der Waals surface area contributed by atoms with Crippen LogP contribution in [0.4, 0.5) is 0 Å². The Hall–Kier alpha value is -1.78. The molecule has 1 aromatic carbocycles. The van der Waals surface area contributed by atoms with E-state index in [1.165, 1.54) is 18.4 Å². The van der Waals surface area contributed by atoms with Crippen LogP contribution in [0.5, 0.6) is 0 Å². The fourth-order valence-electron chi connectivity index (χ4n) is 3.23. The maximum Gasteiger partial charge on any atom is 0.0890 e. The van der Waals surface area contributed by atoms with Crippen LogP contribution in [0.15, 0.2) is 47.3 Å². The third-order valence-electron chi connectivity index (χ3n) is 4.49. The maximum absolute atomic E-state index is 4.74. The zero-order valence-electron chi connectivity index (χ0n) is 12.5. The summed E-state index contributed by atoms with van der Waals surface area (Å²) in [7, 11) is 0. The van der Waals surface area contributed by atoms with Gasteiger partial charge in [-0.2, -0.15) is 11.3 Å². The minimum Gasteiger partial charge on any atom is -0.297 e. The van der Waals surface area contributed by atoms with Crippen LogP contribution < -0.4 is 0 Å². The van der Waals surface area contributed by atoms with Gasteiger partial charge in [0.2, 0.25) is 0 Å². The first-order valence-corrected chi connectivity index (χ1v) is 8.78. The third kappa shape index (κ3) is 2.89. The van der Waals surface area contributed by atoms with Crippen molar-refractivity contribution in [3.8, 4) is 0 Å². The molecule has 0 N–H and O–H groups in total. The number of para-hydroxylation sites is 2. The lowest BCUT2D eigenvalue weighted by Crippen LogP contribution is -2.32. The molecule has 0 amide bonds. The molecule has 1 aliphatic heterocycles. The van der Waals surface area contributed by atoms with Crippen molar-refractivity contribution >= 4 is 22.4 Å². The van der Waals surface area contributed by atoms with Crippen LogP contribution in [-0.2, 0) is 6.54 Å². The molecule has 0 bridgehead atoms. The minimum absolute atomic E-state index is 0.741. The molecule has 0 spiro atoms. The average molecular weight is 309 g/mol. The SMILES string of the molecule is c1ccc2nc(CN3CCC(c4ccsc4)CC3)cnc2c1. The quantitative estimate of drug-likeness (QED) is 0.730. The summed E-state index contributed by atoms with van der Waals surface area (Å²) in [5.74, 6) is 0.741. The molecule has 0 atom stereocenters. The van der Waals surface area contributed by atoms with Crippen molar-refractivity contribution in [1.29, 1.82) is 0 Å². The Morgan fingerprint density at radius 2 is 1.91 bits per heavy atom. The summed E-state index contributed by atoms with van der Waals surface area (Å²) in [6.45, 7) is 3.21. The highest BCUT2D eigenvalue weighted by Crippen LogP contribution is 2.29. The molecule has 3 aromatic rings. The number of benzene rings is 1. The van der Waals surface area contributed by atoms with Gasteiger partial charge in [0.05, 0.1) is 22.9 Å². The van der Waals surface area contributed by atoms with Gasteiger partial charge in [-0.25, -0.2) is 4.98 Å². The largest absolute Gasteiger partial charge is 0.297 e. The summed E-state index contributed by atoms with van der Waals surface area (Å²) in [5, 5.41) is 4.49. The van der Waals surface area contributed by atoms with Crippen molar-refractivity contribution in [3.63, 3.8) is 0 Å². The van der Waals surface area contributed by atoms with Gasteiger partial charge in [0.1, 0.15) is 0 Å². The van der Waals surface area contributed by atoms with Gasteiger partial charge in [0, 0.05) is 6.54 Å². The van der Waals surface area contributed by atoms with E-state index in [4.69, 9.17) is 4.98 Å². The number of aromatic nitrogens is 2. The lowest BCUT2D eigenvalue weighted by Gasteiger charge is -2.31. The highest BCUT2D eigenvalue weighted by Gasteiger charge is 2.21. The van der Waals surface area contributed by atoms with E-state index in [-0.39, 0.29) is 0 Å². The standard InChI is InChI=1S/C18H19N3S/c1-2-4-18-17(3-1)19-11-16(20-18)12-21-8-5-14(6-9-21)15-7-10-22-13-15/h1-4,7,10-11,13-14H,5-6,8-9,12H2. The van der Waals surface area contributed by atoms with Crippen LogP contribution in [0.2, 0.25) is 0 Å². The summed E-state index contributed by atoms with van der Waals surface area (Å²) in [6, 6.07) is 10.4. The Balaban J connectivity index is 1.41. The number of thiophene rings is 1. The molecule has 1 aliphatic rings. The lowest BCUT2D eigenvalue weighted by atomic mass is 9.91. The number of fused-ring (bicyclic) bond motifs is 1. The van der Waals surface area contributed by atoms with E-state index in [0.717, 1.165) is 42.3 Å². The van der Waals surface area contributed by atoms with Gasteiger partial charge in [-0.15, -0.1) is 0 Å². The van der Waals surface area contributed by atoms with Crippen LogP contribution in [0.25, 0.3) is 11.0 Å². The smallest absolute Gasteiger partial charge is 0.0890 e. The second-order valence-electron chi connectivity index (χ2n) is 5.96. The van der Waals surface area contributed by atoms with Gasteiger partial charge in [-0.3, -0.25) is 9.88 Å².